The van der Waals surface area contributed by atoms with Gasteiger partial charge in [-0.2, -0.15) is 0 Å². The molecule has 3 heterocycles. The highest BCUT2D eigenvalue weighted by molar-refractivity contribution is 5.87. The molecule has 3 aliphatic rings. The van der Waals surface area contributed by atoms with Gasteiger partial charge in [0.2, 0.25) is 5.78 Å². The zero-order chi connectivity index (χ0) is 10.5. The largest absolute Gasteiger partial charge is 0.320 e. The lowest BCUT2D eigenvalue weighted by Gasteiger charge is -2.28. The minimum Gasteiger partial charge on any atom is -0.320 e. The van der Waals surface area contributed by atoms with Crippen molar-refractivity contribution in [3.8, 4) is 0 Å². The van der Waals surface area contributed by atoms with E-state index in [0.717, 1.165) is 13.0 Å². The molecule has 3 saturated heterocycles. The van der Waals surface area contributed by atoms with Crippen LogP contribution in [0.1, 0.15) is 38.5 Å². The third-order valence-electron chi connectivity index (χ3n) is 3.73. The van der Waals surface area contributed by atoms with E-state index in [4.69, 9.17) is 0 Å². The van der Waals surface area contributed by atoms with Crippen LogP contribution in [0.3, 0.4) is 0 Å². The van der Waals surface area contributed by atoms with E-state index in [1.54, 1.807) is 0 Å². The van der Waals surface area contributed by atoms with Crippen molar-refractivity contribution in [3.63, 3.8) is 0 Å². The van der Waals surface area contributed by atoms with Crippen LogP contribution in [-0.4, -0.2) is 38.0 Å². The van der Waals surface area contributed by atoms with Gasteiger partial charge in [-0.3, -0.25) is 4.79 Å². The van der Waals surface area contributed by atoms with Gasteiger partial charge in [0.25, 0.3) is 0 Å². The SMILES string of the molecule is C1CCCNCC1.O=C1C[NH+]2CCCC12. The highest BCUT2D eigenvalue weighted by Gasteiger charge is 2.45. The molecule has 0 aromatic carbocycles. The van der Waals surface area contributed by atoms with Gasteiger partial charge in [0.05, 0.1) is 6.54 Å². The van der Waals surface area contributed by atoms with Gasteiger partial charge in [-0.25, -0.2) is 0 Å². The van der Waals surface area contributed by atoms with Crippen LogP contribution < -0.4 is 10.2 Å². The fourth-order valence-electron chi connectivity index (χ4n) is 2.71. The van der Waals surface area contributed by atoms with Crippen LogP contribution in [0.25, 0.3) is 0 Å². The molecule has 0 spiro atoms. The summed E-state index contributed by atoms with van der Waals surface area (Å²) in [5.41, 5.74) is 0. The number of hydrogen-bond donors (Lipinski definition) is 2. The fraction of sp³-hybridized carbons (Fsp3) is 0.917. The summed E-state index contributed by atoms with van der Waals surface area (Å²) in [5.74, 6) is 0.498. The average molecular weight is 211 g/mol. The summed E-state index contributed by atoms with van der Waals surface area (Å²) in [4.78, 5) is 12.2. The molecule has 0 aliphatic carbocycles. The minimum absolute atomic E-state index is 0.440. The summed E-state index contributed by atoms with van der Waals surface area (Å²) < 4.78 is 0. The predicted octanol–water partition coefficient (Wildman–Crippen LogP) is -0.234. The van der Waals surface area contributed by atoms with Crippen molar-refractivity contribution in [1.29, 1.82) is 0 Å². The summed E-state index contributed by atoms with van der Waals surface area (Å²) in [6.07, 6.45) is 8.08. The topological polar surface area (TPSA) is 33.5 Å². The molecule has 15 heavy (non-hydrogen) atoms. The Kier molecular flexibility index (Phi) is 4.15. The van der Waals surface area contributed by atoms with Crippen molar-refractivity contribution in [2.75, 3.05) is 26.2 Å². The van der Waals surface area contributed by atoms with E-state index in [1.165, 1.54) is 56.6 Å². The quantitative estimate of drug-likeness (QED) is 0.580. The van der Waals surface area contributed by atoms with E-state index in [-0.39, 0.29) is 0 Å². The Bertz CT molecular complexity index is 198. The summed E-state index contributed by atoms with van der Waals surface area (Å²) in [6.45, 7) is 4.57. The monoisotopic (exact) mass is 211 g/mol. The van der Waals surface area contributed by atoms with Crippen LogP contribution in [0.4, 0.5) is 0 Å². The molecule has 0 bridgehead atoms. The van der Waals surface area contributed by atoms with Crippen molar-refractivity contribution in [2.45, 2.75) is 44.6 Å². The molecule has 3 heteroatoms. The Balaban J connectivity index is 0.000000115. The number of rotatable bonds is 0. The van der Waals surface area contributed by atoms with E-state index in [1.807, 2.05) is 0 Å². The van der Waals surface area contributed by atoms with Crippen molar-refractivity contribution >= 4 is 5.78 Å². The molecule has 0 amide bonds. The molecule has 0 saturated carbocycles. The lowest BCUT2D eigenvalue weighted by molar-refractivity contribution is -0.920. The molecule has 3 rings (SSSR count). The summed E-state index contributed by atoms with van der Waals surface area (Å²) >= 11 is 0. The van der Waals surface area contributed by atoms with Gasteiger partial charge in [-0.15, -0.1) is 0 Å². The third-order valence-corrected chi connectivity index (χ3v) is 3.73. The lowest BCUT2D eigenvalue weighted by atomic mass is 10.0. The fourth-order valence-corrected chi connectivity index (χ4v) is 2.71. The van der Waals surface area contributed by atoms with Gasteiger partial charge in [-0.05, 0) is 25.9 Å². The number of carbonyl (C=O) groups is 1. The smallest absolute Gasteiger partial charge is 0.243 e. The zero-order valence-electron chi connectivity index (χ0n) is 9.56. The van der Waals surface area contributed by atoms with Gasteiger partial charge in [0, 0.05) is 12.8 Å². The van der Waals surface area contributed by atoms with Crippen LogP contribution in [-0.2, 0) is 4.79 Å². The Morgan fingerprint density at radius 3 is 2.33 bits per heavy atom. The molecule has 0 aromatic heterocycles. The van der Waals surface area contributed by atoms with Crippen LogP contribution >= 0.6 is 0 Å². The first-order valence-corrected chi connectivity index (χ1v) is 6.46. The third kappa shape index (κ3) is 3.02. The Labute approximate surface area is 92.2 Å². The second-order valence-electron chi connectivity index (χ2n) is 4.91. The number of quaternary nitrogens is 1. The van der Waals surface area contributed by atoms with Gasteiger partial charge < -0.3 is 10.2 Å². The predicted molar refractivity (Wildman–Crippen MR) is 60.1 cm³/mol. The van der Waals surface area contributed by atoms with Gasteiger partial charge in [0.1, 0.15) is 6.54 Å². The van der Waals surface area contributed by atoms with E-state index in [2.05, 4.69) is 5.32 Å². The highest BCUT2D eigenvalue weighted by atomic mass is 16.1. The maximum Gasteiger partial charge on any atom is 0.243 e. The molecule has 86 valence electrons. The summed E-state index contributed by atoms with van der Waals surface area (Å²) in [7, 11) is 0. The normalized spacial score (nSPS) is 34.5. The number of ketones is 1. The second kappa shape index (κ2) is 5.61. The molecular formula is C12H23N2O+. The van der Waals surface area contributed by atoms with Crippen LogP contribution in [0.15, 0.2) is 0 Å². The number of carbonyl (C=O) groups excluding carboxylic acids is 1. The molecule has 2 N–H and O–H groups in total. The first-order valence-electron chi connectivity index (χ1n) is 6.46. The Morgan fingerprint density at radius 2 is 1.80 bits per heavy atom. The van der Waals surface area contributed by atoms with Gasteiger partial charge >= 0.3 is 0 Å². The van der Waals surface area contributed by atoms with Gasteiger partial charge in [0.15, 0.2) is 6.04 Å². The number of Topliss-reactive ketones (excluding diaryl/α,β-unsaturated/α-hetero) is 1. The maximum atomic E-state index is 10.7. The number of fused-ring (bicyclic) bond motifs is 1. The highest BCUT2D eigenvalue weighted by Crippen LogP contribution is 2.05. The zero-order valence-corrected chi connectivity index (χ0v) is 9.56. The van der Waals surface area contributed by atoms with E-state index in [0.29, 0.717) is 11.8 Å². The van der Waals surface area contributed by atoms with Crippen LogP contribution in [0.2, 0.25) is 0 Å². The molecule has 0 aromatic rings. The number of hydrogen-bond acceptors (Lipinski definition) is 2. The molecule has 3 aliphatic heterocycles. The number of nitrogens with one attached hydrogen (secondary N) is 2. The first-order chi connectivity index (χ1) is 7.38. The van der Waals surface area contributed by atoms with Crippen molar-refractivity contribution in [1.82, 2.24) is 5.32 Å². The lowest BCUT2D eigenvalue weighted by Crippen LogP contribution is -3.22. The minimum atomic E-state index is 0.440. The van der Waals surface area contributed by atoms with Crippen LogP contribution in [0.5, 0.6) is 0 Å². The molecule has 0 radical (unpaired) electrons. The van der Waals surface area contributed by atoms with Crippen LogP contribution in [0, 0.1) is 0 Å². The van der Waals surface area contributed by atoms with E-state index < -0.39 is 0 Å². The molecule has 2 unspecified atom stereocenters. The maximum absolute atomic E-state index is 10.7. The van der Waals surface area contributed by atoms with E-state index >= 15 is 0 Å². The molecular weight excluding hydrogens is 188 g/mol. The van der Waals surface area contributed by atoms with Gasteiger partial charge in [-0.1, -0.05) is 12.8 Å². The summed E-state index contributed by atoms with van der Waals surface area (Å²) in [6, 6.07) is 0.440. The first kappa shape index (κ1) is 11.1. The standard InChI is InChI=1S/C6H9NO.C6H13N/c8-6-4-7-3-1-2-5(6)7;1-2-4-6-7-5-3-1/h5H,1-4H2;7H,1-6H2/p+1. The molecule has 2 atom stereocenters. The Hall–Kier alpha value is -0.410. The Morgan fingerprint density at radius 1 is 1.07 bits per heavy atom. The average Bonchev–Trinajstić information content (AvgIpc) is 2.46. The van der Waals surface area contributed by atoms with E-state index in [9.17, 15) is 4.79 Å². The molecule has 3 nitrogen and oxygen atoms in total. The second-order valence-corrected chi connectivity index (χ2v) is 4.91. The summed E-state index contributed by atoms with van der Waals surface area (Å²) in [5, 5.41) is 3.35. The molecule has 3 fully saturated rings. The van der Waals surface area contributed by atoms with Crippen molar-refractivity contribution in [3.05, 3.63) is 0 Å². The van der Waals surface area contributed by atoms with Crippen molar-refractivity contribution < 1.29 is 9.69 Å². The van der Waals surface area contributed by atoms with Crippen molar-refractivity contribution in [2.24, 2.45) is 0 Å².